The summed E-state index contributed by atoms with van der Waals surface area (Å²) in [6.45, 7) is 4.48. The van der Waals surface area contributed by atoms with Gasteiger partial charge in [-0.25, -0.2) is 0 Å². The maximum Gasteiger partial charge on any atom is 0.264 e. The molecule has 0 aromatic heterocycles. The van der Waals surface area contributed by atoms with Gasteiger partial charge in [0.2, 0.25) is 17.7 Å². The molecule has 1 aromatic rings. The number of nitrogens with zero attached hydrogens (tertiary/aromatic N) is 1. The van der Waals surface area contributed by atoms with Crippen LogP contribution in [0.4, 0.5) is 5.69 Å². The monoisotopic (exact) mass is 603 g/mol. The molecule has 0 aliphatic carbocycles. The summed E-state index contributed by atoms with van der Waals surface area (Å²) < 4.78 is 32.0. The van der Waals surface area contributed by atoms with Crippen LogP contribution in [-0.2, 0) is 42.8 Å². The normalized spacial score (nSPS) is 16.3. The number of hydrogen-bond donors (Lipinski definition) is 2. The minimum Gasteiger partial charge on any atom is -0.379 e. The maximum atomic E-state index is 13.1. The Morgan fingerprint density at radius 3 is 1.95 bits per heavy atom. The number of imide groups is 2. The van der Waals surface area contributed by atoms with Gasteiger partial charge in [-0.1, -0.05) is 12.0 Å². The van der Waals surface area contributed by atoms with Crippen LogP contribution in [0.15, 0.2) is 18.2 Å². The number of piperidine rings is 1. The highest BCUT2D eigenvalue weighted by atomic mass is 16.6. The van der Waals surface area contributed by atoms with Gasteiger partial charge < -0.3 is 33.7 Å². The lowest BCUT2D eigenvalue weighted by Crippen LogP contribution is -2.54. The molecule has 0 spiro atoms. The molecule has 3 rings (SSSR count). The first-order chi connectivity index (χ1) is 20.9. The van der Waals surface area contributed by atoms with E-state index in [1.807, 2.05) is 0 Å². The van der Waals surface area contributed by atoms with Crippen LogP contribution in [0.5, 0.6) is 0 Å². The second-order valence-corrected chi connectivity index (χ2v) is 9.29. The molecule has 2 aliphatic heterocycles. The maximum absolute atomic E-state index is 13.1. The number of hydrogen-bond acceptors (Lipinski definition) is 11. The van der Waals surface area contributed by atoms with Crippen molar-refractivity contribution in [3.63, 3.8) is 0 Å². The Balaban J connectivity index is 1.22. The molecule has 14 heteroatoms. The third kappa shape index (κ3) is 10.8. The highest BCUT2D eigenvalue weighted by Crippen LogP contribution is 2.32. The van der Waals surface area contributed by atoms with Gasteiger partial charge in [-0.3, -0.25) is 34.2 Å². The molecular formula is C29H37N3O11. The van der Waals surface area contributed by atoms with E-state index in [1.165, 1.54) is 18.2 Å². The van der Waals surface area contributed by atoms with Crippen molar-refractivity contribution in [2.24, 2.45) is 0 Å². The van der Waals surface area contributed by atoms with Crippen LogP contribution < -0.4 is 10.6 Å². The quantitative estimate of drug-likeness (QED) is 0.111. The van der Waals surface area contributed by atoms with Crippen molar-refractivity contribution in [3.05, 3.63) is 29.3 Å². The van der Waals surface area contributed by atoms with Crippen molar-refractivity contribution < 1.29 is 52.4 Å². The summed E-state index contributed by atoms with van der Waals surface area (Å²) in [5.74, 6) is -0.532. The van der Waals surface area contributed by atoms with E-state index in [4.69, 9.17) is 34.8 Å². The first-order valence-electron chi connectivity index (χ1n) is 14.0. The molecule has 1 atom stereocenters. The molecule has 1 unspecified atom stereocenters. The Bertz CT molecular complexity index is 1170. The van der Waals surface area contributed by atoms with Gasteiger partial charge in [0.15, 0.2) is 0 Å². The predicted molar refractivity (Wildman–Crippen MR) is 150 cm³/mol. The van der Waals surface area contributed by atoms with E-state index in [2.05, 4.69) is 16.6 Å². The molecule has 1 aromatic carbocycles. The number of rotatable bonds is 21. The number of carbonyl (C=O) groups is 5. The van der Waals surface area contributed by atoms with E-state index in [1.54, 1.807) is 0 Å². The Kier molecular flexibility index (Phi) is 14.7. The fraction of sp³-hybridized carbons (Fsp3) is 0.552. The molecular weight excluding hydrogens is 566 g/mol. The van der Waals surface area contributed by atoms with E-state index in [9.17, 15) is 24.0 Å². The van der Waals surface area contributed by atoms with Crippen LogP contribution in [0.25, 0.3) is 0 Å². The number of carbonyl (C=O) groups excluding carboxylic acids is 5. The second-order valence-electron chi connectivity index (χ2n) is 9.29. The third-order valence-corrected chi connectivity index (χ3v) is 6.26. The van der Waals surface area contributed by atoms with Gasteiger partial charge in [-0.2, -0.15) is 0 Å². The van der Waals surface area contributed by atoms with Crippen molar-refractivity contribution >= 4 is 35.2 Å². The van der Waals surface area contributed by atoms with Crippen molar-refractivity contribution in [2.45, 2.75) is 25.3 Å². The van der Waals surface area contributed by atoms with E-state index in [-0.39, 0.29) is 55.9 Å². The highest BCUT2D eigenvalue weighted by molar-refractivity contribution is 6.26. The summed E-state index contributed by atoms with van der Waals surface area (Å²) in [6.07, 6.45) is 5.14. The molecule has 0 radical (unpaired) electrons. The standard InChI is InChI=1S/C29H37N3O11/c1-2-9-38-11-13-40-15-17-42-19-20-43-18-16-41-14-12-39-10-8-25(34)30-22-5-3-4-21-26(22)29(37)32(28(21)36)23-6-7-24(33)31-27(23)35/h1,3-5,23H,6-20H2,(H,30,34)(H,31,33,35). The van der Waals surface area contributed by atoms with Crippen LogP contribution in [-0.4, -0.2) is 120 Å². The first-order valence-corrected chi connectivity index (χ1v) is 14.0. The summed E-state index contributed by atoms with van der Waals surface area (Å²) in [7, 11) is 0. The second kappa shape index (κ2) is 18.7. The zero-order chi connectivity index (χ0) is 30.9. The van der Waals surface area contributed by atoms with Gasteiger partial charge in [-0.05, 0) is 18.6 Å². The third-order valence-electron chi connectivity index (χ3n) is 6.26. The summed E-state index contributed by atoms with van der Waals surface area (Å²) in [4.78, 5) is 63.0. The van der Waals surface area contributed by atoms with Crippen LogP contribution >= 0.6 is 0 Å². The van der Waals surface area contributed by atoms with Crippen molar-refractivity contribution in [2.75, 3.05) is 84.6 Å². The smallest absolute Gasteiger partial charge is 0.264 e. The fourth-order valence-corrected chi connectivity index (χ4v) is 4.23. The summed E-state index contributed by atoms with van der Waals surface area (Å²) in [5, 5.41) is 4.80. The van der Waals surface area contributed by atoms with E-state index >= 15 is 0 Å². The molecule has 2 N–H and O–H groups in total. The summed E-state index contributed by atoms with van der Waals surface area (Å²) >= 11 is 0. The van der Waals surface area contributed by atoms with Gasteiger partial charge in [0.05, 0.1) is 95.9 Å². The number of ether oxygens (including phenoxy) is 6. The van der Waals surface area contributed by atoms with E-state index in [0.717, 1.165) is 4.90 Å². The minimum atomic E-state index is -1.09. The van der Waals surface area contributed by atoms with E-state index in [0.29, 0.717) is 59.5 Å². The highest BCUT2D eigenvalue weighted by Gasteiger charge is 2.45. The fourth-order valence-electron chi connectivity index (χ4n) is 4.23. The van der Waals surface area contributed by atoms with Crippen LogP contribution in [0.1, 0.15) is 40.0 Å². The molecule has 1 saturated heterocycles. The van der Waals surface area contributed by atoms with Crippen LogP contribution in [0, 0.1) is 12.3 Å². The van der Waals surface area contributed by atoms with Crippen LogP contribution in [0.2, 0.25) is 0 Å². The Morgan fingerprint density at radius 2 is 1.40 bits per heavy atom. The average molecular weight is 604 g/mol. The van der Waals surface area contributed by atoms with E-state index < -0.39 is 35.6 Å². The SMILES string of the molecule is C#CCOCCOCCOCCOCCOCCOCCC(=O)Nc1cccc2c1C(=O)N(C1CCC(=O)NC1=O)C2=O. The first kappa shape index (κ1) is 33.8. The largest absolute Gasteiger partial charge is 0.379 e. The van der Waals surface area contributed by atoms with Crippen molar-refractivity contribution in [1.29, 1.82) is 0 Å². The Morgan fingerprint density at radius 1 is 0.837 bits per heavy atom. The Hall–Kier alpha value is -3.71. The van der Waals surface area contributed by atoms with Gasteiger partial charge in [0.1, 0.15) is 12.6 Å². The number of nitrogens with one attached hydrogen (secondary N) is 2. The number of terminal acetylenes is 1. The lowest BCUT2D eigenvalue weighted by Gasteiger charge is -2.27. The van der Waals surface area contributed by atoms with Gasteiger partial charge in [-0.15, -0.1) is 6.42 Å². The molecule has 2 heterocycles. The minimum absolute atomic E-state index is 0.0103. The number of anilines is 1. The van der Waals surface area contributed by atoms with Crippen molar-refractivity contribution in [1.82, 2.24) is 10.2 Å². The molecule has 5 amide bonds. The number of fused-ring (bicyclic) bond motifs is 1. The van der Waals surface area contributed by atoms with Gasteiger partial charge in [0, 0.05) is 6.42 Å². The molecule has 234 valence electrons. The average Bonchev–Trinajstić information content (AvgIpc) is 3.24. The molecule has 0 bridgehead atoms. The molecule has 43 heavy (non-hydrogen) atoms. The topological polar surface area (TPSA) is 168 Å². The van der Waals surface area contributed by atoms with Gasteiger partial charge >= 0.3 is 0 Å². The molecule has 1 fully saturated rings. The molecule has 0 saturated carbocycles. The zero-order valence-corrected chi connectivity index (χ0v) is 23.9. The predicted octanol–water partition coefficient (Wildman–Crippen LogP) is 0.149. The number of benzene rings is 1. The number of amides is 5. The lowest BCUT2D eigenvalue weighted by molar-refractivity contribution is -0.136. The summed E-state index contributed by atoms with van der Waals surface area (Å²) in [6, 6.07) is 3.42. The Labute approximate surface area is 249 Å². The lowest BCUT2D eigenvalue weighted by atomic mass is 10.0. The molecule has 14 nitrogen and oxygen atoms in total. The van der Waals surface area contributed by atoms with Crippen molar-refractivity contribution in [3.8, 4) is 12.3 Å². The summed E-state index contributed by atoms with van der Waals surface area (Å²) in [5.41, 5.74) is 0.266. The van der Waals surface area contributed by atoms with Gasteiger partial charge in [0.25, 0.3) is 11.8 Å². The molecule has 2 aliphatic rings. The van der Waals surface area contributed by atoms with Crippen LogP contribution in [0.3, 0.4) is 0 Å². The zero-order valence-electron chi connectivity index (χ0n) is 23.9.